The molecule has 20 heavy (non-hydrogen) atoms. The molecule has 1 saturated heterocycles. The maximum atomic E-state index is 12.3. The van der Waals surface area contributed by atoms with Gasteiger partial charge in [-0.3, -0.25) is 14.6 Å². The number of nitrogens with zero attached hydrogens (tertiary/aromatic N) is 1. The fraction of sp³-hybridized carbons (Fsp3) is 0.500. The number of pyridine rings is 1. The van der Waals surface area contributed by atoms with Gasteiger partial charge in [-0.1, -0.05) is 6.92 Å². The number of hydrogen-bond acceptors (Lipinski definition) is 4. The molecule has 0 saturated carbocycles. The minimum atomic E-state index is -0.155. The van der Waals surface area contributed by atoms with E-state index in [1.807, 2.05) is 0 Å². The molecular formula is C14H20N4O2. The number of carbonyl (C=O) groups is 2. The standard InChI is InChI=1S/C14H20N4O2/c1-2-6-16-12-5-7-15-9-11(12)14(20)18-10-3-4-13(19)17-8-10/h5,7,9-10H,2-4,6,8H2,1H3,(H,15,16)(H,17,19)(H,18,20). The Hall–Kier alpha value is -2.11. The molecule has 6 nitrogen and oxygen atoms in total. The van der Waals surface area contributed by atoms with Crippen LogP contribution in [0.5, 0.6) is 0 Å². The van der Waals surface area contributed by atoms with Crippen molar-refractivity contribution in [1.82, 2.24) is 15.6 Å². The van der Waals surface area contributed by atoms with Crippen LogP contribution in [-0.2, 0) is 4.79 Å². The Morgan fingerprint density at radius 1 is 1.55 bits per heavy atom. The molecule has 1 aliphatic rings. The number of piperidine rings is 1. The summed E-state index contributed by atoms with van der Waals surface area (Å²) < 4.78 is 0. The lowest BCUT2D eigenvalue weighted by Gasteiger charge is -2.23. The predicted octanol–water partition coefficient (Wildman–Crippen LogP) is 0.912. The highest BCUT2D eigenvalue weighted by Gasteiger charge is 2.21. The summed E-state index contributed by atoms with van der Waals surface area (Å²) in [6.07, 6.45) is 5.34. The van der Waals surface area contributed by atoms with Crippen molar-refractivity contribution in [3.8, 4) is 0 Å². The van der Waals surface area contributed by atoms with Crippen molar-refractivity contribution in [2.75, 3.05) is 18.4 Å². The Morgan fingerprint density at radius 3 is 3.10 bits per heavy atom. The molecule has 0 aliphatic carbocycles. The number of carbonyl (C=O) groups excluding carboxylic acids is 2. The van der Waals surface area contributed by atoms with Crippen LogP contribution in [0.2, 0.25) is 0 Å². The number of hydrogen-bond donors (Lipinski definition) is 3. The number of anilines is 1. The quantitative estimate of drug-likeness (QED) is 0.746. The van der Waals surface area contributed by atoms with Crippen molar-refractivity contribution in [2.45, 2.75) is 32.2 Å². The molecule has 1 unspecified atom stereocenters. The molecule has 0 radical (unpaired) electrons. The van der Waals surface area contributed by atoms with E-state index >= 15 is 0 Å². The largest absolute Gasteiger partial charge is 0.384 e. The Morgan fingerprint density at radius 2 is 2.40 bits per heavy atom. The van der Waals surface area contributed by atoms with E-state index in [1.165, 1.54) is 0 Å². The van der Waals surface area contributed by atoms with Crippen LogP contribution in [0, 0.1) is 0 Å². The third kappa shape index (κ3) is 3.69. The minimum Gasteiger partial charge on any atom is -0.384 e. The van der Waals surface area contributed by atoms with Gasteiger partial charge in [-0.2, -0.15) is 0 Å². The first kappa shape index (κ1) is 14.3. The minimum absolute atomic E-state index is 0.0144. The first-order valence-corrected chi connectivity index (χ1v) is 6.96. The van der Waals surface area contributed by atoms with Gasteiger partial charge < -0.3 is 16.0 Å². The van der Waals surface area contributed by atoms with E-state index in [0.29, 0.717) is 24.9 Å². The van der Waals surface area contributed by atoms with Crippen LogP contribution in [0.1, 0.15) is 36.5 Å². The van der Waals surface area contributed by atoms with Gasteiger partial charge >= 0.3 is 0 Å². The molecule has 6 heteroatoms. The zero-order valence-electron chi connectivity index (χ0n) is 11.6. The molecule has 2 heterocycles. The smallest absolute Gasteiger partial charge is 0.255 e. The lowest BCUT2D eigenvalue weighted by Crippen LogP contribution is -2.47. The third-order valence-electron chi connectivity index (χ3n) is 3.23. The molecule has 0 bridgehead atoms. The maximum absolute atomic E-state index is 12.3. The van der Waals surface area contributed by atoms with Crippen molar-refractivity contribution in [3.63, 3.8) is 0 Å². The lowest BCUT2D eigenvalue weighted by atomic mass is 10.1. The first-order chi connectivity index (χ1) is 9.70. The van der Waals surface area contributed by atoms with Crippen LogP contribution in [0.15, 0.2) is 18.5 Å². The van der Waals surface area contributed by atoms with Gasteiger partial charge in [0.25, 0.3) is 5.91 Å². The summed E-state index contributed by atoms with van der Waals surface area (Å²) in [6.45, 7) is 3.37. The molecule has 1 aromatic heterocycles. The molecule has 2 amide bonds. The molecule has 0 spiro atoms. The van der Waals surface area contributed by atoms with Gasteiger partial charge in [0.05, 0.1) is 11.3 Å². The summed E-state index contributed by atoms with van der Waals surface area (Å²) in [7, 11) is 0. The molecule has 1 fully saturated rings. The van der Waals surface area contributed by atoms with Crippen LogP contribution in [-0.4, -0.2) is 35.9 Å². The second-order valence-electron chi connectivity index (χ2n) is 4.86. The van der Waals surface area contributed by atoms with Gasteiger partial charge in [-0.15, -0.1) is 0 Å². The van der Waals surface area contributed by atoms with Crippen LogP contribution in [0.25, 0.3) is 0 Å². The summed E-state index contributed by atoms with van der Waals surface area (Å²) >= 11 is 0. The average Bonchev–Trinajstić information content (AvgIpc) is 2.47. The molecule has 2 rings (SSSR count). The van der Waals surface area contributed by atoms with E-state index in [-0.39, 0.29) is 17.9 Å². The van der Waals surface area contributed by atoms with E-state index in [2.05, 4.69) is 27.9 Å². The monoisotopic (exact) mass is 276 g/mol. The van der Waals surface area contributed by atoms with Gasteiger partial charge in [-0.05, 0) is 18.9 Å². The van der Waals surface area contributed by atoms with Gasteiger partial charge in [0.2, 0.25) is 5.91 Å². The summed E-state index contributed by atoms with van der Waals surface area (Å²) in [5, 5.41) is 8.91. The number of amides is 2. The highest BCUT2D eigenvalue weighted by molar-refractivity contribution is 5.99. The normalized spacial score (nSPS) is 18.2. The Balaban J connectivity index is 1.99. The summed E-state index contributed by atoms with van der Waals surface area (Å²) in [5.41, 5.74) is 1.33. The van der Waals surface area contributed by atoms with E-state index in [9.17, 15) is 9.59 Å². The second kappa shape index (κ2) is 6.88. The topological polar surface area (TPSA) is 83.1 Å². The van der Waals surface area contributed by atoms with Gasteiger partial charge in [-0.25, -0.2) is 0 Å². The Labute approximate surface area is 118 Å². The maximum Gasteiger partial charge on any atom is 0.255 e. The lowest BCUT2D eigenvalue weighted by molar-refractivity contribution is -0.122. The number of nitrogens with one attached hydrogen (secondary N) is 3. The molecule has 0 aromatic carbocycles. The second-order valence-corrected chi connectivity index (χ2v) is 4.86. The summed E-state index contributed by atoms with van der Waals surface area (Å²) in [5.74, 6) is -0.111. The third-order valence-corrected chi connectivity index (χ3v) is 3.23. The zero-order valence-corrected chi connectivity index (χ0v) is 11.6. The highest BCUT2D eigenvalue weighted by atomic mass is 16.2. The van der Waals surface area contributed by atoms with Crippen molar-refractivity contribution in [2.24, 2.45) is 0 Å². The van der Waals surface area contributed by atoms with E-state index < -0.39 is 0 Å². The fourth-order valence-electron chi connectivity index (χ4n) is 2.11. The predicted molar refractivity (Wildman–Crippen MR) is 76.5 cm³/mol. The summed E-state index contributed by atoms with van der Waals surface area (Å²) in [6, 6.07) is 1.78. The van der Waals surface area contributed by atoms with Gasteiger partial charge in [0.15, 0.2) is 0 Å². The SMILES string of the molecule is CCCNc1ccncc1C(=O)NC1CCC(=O)NC1. The van der Waals surface area contributed by atoms with E-state index in [0.717, 1.165) is 18.7 Å². The molecule has 3 N–H and O–H groups in total. The fourth-order valence-corrected chi connectivity index (χ4v) is 2.11. The van der Waals surface area contributed by atoms with Crippen LogP contribution >= 0.6 is 0 Å². The summed E-state index contributed by atoms with van der Waals surface area (Å²) in [4.78, 5) is 27.4. The van der Waals surface area contributed by atoms with Crippen molar-refractivity contribution in [1.29, 1.82) is 0 Å². The Bertz CT molecular complexity index is 480. The number of rotatable bonds is 5. The van der Waals surface area contributed by atoms with Crippen molar-refractivity contribution >= 4 is 17.5 Å². The van der Waals surface area contributed by atoms with Gasteiger partial charge in [0, 0.05) is 37.9 Å². The molecule has 1 aliphatic heterocycles. The van der Waals surface area contributed by atoms with Crippen LogP contribution in [0.3, 0.4) is 0 Å². The van der Waals surface area contributed by atoms with E-state index in [1.54, 1.807) is 18.5 Å². The van der Waals surface area contributed by atoms with Crippen LogP contribution in [0.4, 0.5) is 5.69 Å². The number of aromatic nitrogens is 1. The zero-order chi connectivity index (χ0) is 14.4. The Kier molecular flexibility index (Phi) is 4.92. The average molecular weight is 276 g/mol. The first-order valence-electron chi connectivity index (χ1n) is 6.96. The highest BCUT2D eigenvalue weighted by Crippen LogP contribution is 2.14. The van der Waals surface area contributed by atoms with Gasteiger partial charge in [0.1, 0.15) is 0 Å². The van der Waals surface area contributed by atoms with Crippen LogP contribution < -0.4 is 16.0 Å². The van der Waals surface area contributed by atoms with E-state index in [4.69, 9.17) is 0 Å². The molecule has 1 aromatic rings. The van der Waals surface area contributed by atoms with Crippen molar-refractivity contribution in [3.05, 3.63) is 24.0 Å². The molecule has 108 valence electrons. The molecule has 1 atom stereocenters. The molecular weight excluding hydrogens is 256 g/mol. The van der Waals surface area contributed by atoms with Crippen molar-refractivity contribution < 1.29 is 9.59 Å².